The second-order valence-electron chi connectivity index (χ2n) is 9.23. The lowest BCUT2D eigenvalue weighted by atomic mass is 10.1. The highest BCUT2D eigenvalue weighted by atomic mass is 35.5. The predicted octanol–water partition coefficient (Wildman–Crippen LogP) is 5.60. The van der Waals surface area contributed by atoms with Gasteiger partial charge in [-0.25, -0.2) is 8.42 Å². The SMILES string of the molecule is CCCNC(=O)[C@H](C)N(Cc1cccc(Cl)c1)C(=O)CN(c1ccc(OCC)cc1)S(=O)(=O)c1ccc(SC)cc1. The van der Waals surface area contributed by atoms with Crippen molar-refractivity contribution in [3.05, 3.63) is 83.4 Å². The maximum absolute atomic E-state index is 14.0. The Hall–Kier alpha value is -3.21. The van der Waals surface area contributed by atoms with Gasteiger partial charge in [-0.15, -0.1) is 11.8 Å². The molecule has 0 aliphatic carbocycles. The Morgan fingerprint density at radius 1 is 1.02 bits per heavy atom. The molecular weight excluding hydrogens is 582 g/mol. The van der Waals surface area contributed by atoms with E-state index in [9.17, 15) is 18.0 Å². The Bertz CT molecular complexity index is 1420. The molecule has 0 fully saturated rings. The van der Waals surface area contributed by atoms with Gasteiger partial charge < -0.3 is 15.0 Å². The van der Waals surface area contributed by atoms with Crippen molar-refractivity contribution in [2.45, 2.75) is 49.6 Å². The molecule has 11 heteroatoms. The highest BCUT2D eigenvalue weighted by Crippen LogP contribution is 2.28. The number of sulfonamides is 1. The van der Waals surface area contributed by atoms with Crippen molar-refractivity contribution in [2.24, 2.45) is 0 Å². The Morgan fingerprint density at radius 2 is 1.71 bits per heavy atom. The fourth-order valence-electron chi connectivity index (χ4n) is 4.09. The number of hydrogen-bond donors (Lipinski definition) is 1. The Balaban J connectivity index is 2.03. The number of nitrogens with one attached hydrogen (secondary N) is 1. The van der Waals surface area contributed by atoms with Crippen molar-refractivity contribution in [1.29, 1.82) is 0 Å². The molecule has 1 N–H and O–H groups in total. The zero-order valence-corrected chi connectivity index (χ0v) is 26.1. The molecule has 41 heavy (non-hydrogen) atoms. The molecule has 0 aliphatic heterocycles. The van der Waals surface area contributed by atoms with Crippen molar-refractivity contribution >= 4 is 50.9 Å². The van der Waals surface area contributed by atoms with E-state index < -0.39 is 28.5 Å². The third kappa shape index (κ3) is 8.64. The topological polar surface area (TPSA) is 96.0 Å². The standard InChI is InChI=1S/C30H36ClN3O5S2/c1-5-18-32-30(36)22(3)33(20-23-8-7-9-24(31)19-23)29(35)21-34(25-10-12-26(13-11-25)39-6-2)41(37,38)28-16-14-27(40-4)15-17-28/h7-17,19,22H,5-6,18,20-21H2,1-4H3,(H,32,36)/t22-/m0/s1. The van der Waals surface area contributed by atoms with Crippen LogP contribution in [0.15, 0.2) is 82.6 Å². The second kappa shape index (κ2) is 15.1. The molecule has 2 amide bonds. The molecule has 0 aliphatic rings. The van der Waals surface area contributed by atoms with E-state index in [4.69, 9.17) is 16.3 Å². The Kier molecular flexibility index (Phi) is 11.9. The molecule has 220 valence electrons. The van der Waals surface area contributed by atoms with Crippen LogP contribution < -0.4 is 14.4 Å². The lowest BCUT2D eigenvalue weighted by molar-refractivity contribution is -0.139. The third-order valence-electron chi connectivity index (χ3n) is 6.32. The van der Waals surface area contributed by atoms with Crippen LogP contribution in [0.4, 0.5) is 5.69 Å². The van der Waals surface area contributed by atoms with Crippen LogP contribution in [0.3, 0.4) is 0 Å². The third-order valence-corrected chi connectivity index (χ3v) is 9.09. The van der Waals surface area contributed by atoms with Crippen LogP contribution in [-0.2, 0) is 26.2 Å². The van der Waals surface area contributed by atoms with Crippen LogP contribution in [0.1, 0.15) is 32.8 Å². The van der Waals surface area contributed by atoms with E-state index in [1.807, 2.05) is 20.1 Å². The summed E-state index contributed by atoms with van der Waals surface area (Å²) in [6.07, 6.45) is 2.64. The van der Waals surface area contributed by atoms with Crippen LogP contribution in [0.2, 0.25) is 5.02 Å². The smallest absolute Gasteiger partial charge is 0.264 e. The summed E-state index contributed by atoms with van der Waals surface area (Å²) in [5.74, 6) is -0.291. The summed E-state index contributed by atoms with van der Waals surface area (Å²) in [6.45, 7) is 5.88. The van der Waals surface area contributed by atoms with Gasteiger partial charge in [0, 0.05) is 23.0 Å². The molecule has 0 heterocycles. The maximum atomic E-state index is 14.0. The average molecular weight is 618 g/mol. The first-order chi connectivity index (χ1) is 19.6. The molecule has 0 radical (unpaired) electrons. The molecule has 0 aromatic heterocycles. The minimum absolute atomic E-state index is 0.0483. The number of benzene rings is 3. The quantitative estimate of drug-likeness (QED) is 0.237. The molecular formula is C30H36ClN3O5S2. The zero-order chi connectivity index (χ0) is 30.0. The van der Waals surface area contributed by atoms with E-state index in [1.165, 1.54) is 28.8 Å². The van der Waals surface area contributed by atoms with Gasteiger partial charge in [-0.2, -0.15) is 0 Å². The van der Waals surface area contributed by atoms with E-state index in [0.29, 0.717) is 35.2 Å². The van der Waals surface area contributed by atoms with E-state index in [2.05, 4.69) is 5.32 Å². The van der Waals surface area contributed by atoms with Crippen molar-refractivity contribution in [3.63, 3.8) is 0 Å². The first-order valence-corrected chi connectivity index (χ1v) is 16.4. The first kappa shape index (κ1) is 32.3. The van der Waals surface area contributed by atoms with Crippen LogP contribution in [0.25, 0.3) is 0 Å². The number of ether oxygens (including phenoxy) is 1. The largest absolute Gasteiger partial charge is 0.494 e. The van der Waals surface area contributed by atoms with Gasteiger partial charge >= 0.3 is 0 Å². The number of nitrogens with zero attached hydrogens (tertiary/aromatic N) is 2. The minimum Gasteiger partial charge on any atom is -0.494 e. The van der Waals surface area contributed by atoms with Gasteiger partial charge in [-0.3, -0.25) is 13.9 Å². The van der Waals surface area contributed by atoms with Crippen LogP contribution in [0.5, 0.6) is 5.75 Å². The van der Waals surface area contributed by atoms with Gasteiger partial charge in [0.05, 0.1) is 17.2 Å². The summed E-state index contributed by atoms with van der Waals surface area (Å²) in [5, 5.41) is 3.32. The van der Waals surface area contributed by atoms with Crippen LogP contribution in [-0.4, -0.2) is 57.1 Å². The molecule has 3 aromatic carbocycles. The second-order valence-corrected chi connectivity index (χ2v) is 12.4. The Labute approximate surface area is 252 Å². The molecule has 3 rings (SSSR count). The molecule has 0 saturated heterocycles. The minimum atomic E-state index is -4.16. The average Bonchev–Trinajstić information content (AvgIpc) is 2.97. The molecule has 0 saturated carbocycles. The van der Waals surface area contributed by atoms with Crippen LogP contribution >= 0.6 is 23.4 Å². The summed E-state index contributed by atoms with van der Waals surface area (Å²) in [5.41, 5.74) is 1.01. The summed E-state index contributed by atoms with van der Waals surface area (Å²) in [7, 11) is -4.16. The highest BCUT2D eigenvalue weighted by molar-refractivity contribution is 7.98. The summed E-state index contributed by atoms with van der Waals surface area (Å²) >= 11 is 7.68. The number of anilines is 1. The Morgan fingerprint density at radius 3 is 2.29 bits per heavy atom. The lowest BCUT2D eigenvalue weighted by Gasteiger charge is -2.32. The number of amides is 2. The predicted molar refractivity (Wildman–Crippen MR) is 165 cm³/mol. The van der Waals surface area contributed by atoms with Crippen molar-refractivity contribution < 1.29 is 22.7 Å². The number of hydrogen-bond acceptors (Lipinski definition) is 6. The molecule has 8 nitrogen and oxygen atoms in total. The molecule has 3 aromatic rings. The highest BCUT2D eigenvalue weighted by Gasteiger charge is 2.32. The van der Waals surface area contributed by atoms with Crippen LogP contribution in [0, 0.1) is 0 Å². The van der Waals surface area contributed by atoms with Gasteiger partial charge in [-0.05, 0) is 92.8 Å². The fourth-order valence-corrected chi connectivity index (χ4v) is 6.12. The maximum Gasteiger partial charge on any atom is 0.264 e. The molecule has 1 atom stereocenters. The van der Waals surface area contributed by atoms with E-state index >= 15 is 0 Å². The summed E-state index contributed by atoms with van der Waals surface area (Å²) in [6, 6.07) is 19.2. The number of carbonyl (C=O) groups excluding carboxylic acids is 2. The lowest BCUT2D eigenvalue weighted by Crippen LogP contribution is -2.51. The van der Waals surface area contributed by atoms with Gasteiger partial charge in [0.25, 0.3) is 10.0 Å². The first-order valence-electron chi connectivity index (χ1n) is 13.3. The van der Waals surface area contributed by atoms with Gasteiger partial charge in [0.1, 0.15) is 18.3 Å². The number of halogens is 1. The number of carbonyl (C=O) groups is 2. The van der Waals surface area contributed by atoms with Gasteiger partial charge in [0.15, 0.2) is 0 Å². The van der Waals surface area contributed by atoms with Crippen molar-refractivity contribution in [1.82, 2.24) is 10.2 Å². The molecule has 0 bridgehead atoms. The summed E-state index contributed by atoms with van der Waals surface area (Å²) in [4.78, 5) is 29.3. The number of thioether (sulfide) groups is 1. The number of rotatable bonds is 14. The van der Waals surface area contributed by atoms with Crippen molar-refractivity contribution in [2.75, 3.05) is 30.3 Å². The molecule has 0 unspecified atom stereocenters. The van der Waals surface area contributed by atoms with E-state index in [-0.39, 0.29) is 17.3 Å². The van der Waals surface area contributed by atoms with E-state index in [1.54, 1.807) is 67.6 Å². The monoisotopic (exact) mass is 617 g/mol. The zero-order valence-electron chi connectivity index (χ0n) is 23.7. The normalized spacial score (nSPS) is 11.9. The fraction of sp³-hybridized carbons (Fsp3) is 0.333. The van der Waals surface area contributed by atoms with Gasteiger partial charge in [0.2, 0.25) is 11.8 Å². The van der Waals surface area contributed by atoms with E-state index in [0.717, 1.165) is 15.6 Å². The van der Waals surface area contributed by atoms with Gasteiger partial charge in [-0.1, -0.05) is 30.7 Å². The van der Waals surface area contributed by atoms with Crippen molar-refractivity contribution in [3.8, 4) is 5.75 Å². The molecule has 0 spiro atoms. The summed E-state index contributed by atoms with van der Waals surface area (Å²) < 4.78 is 34.5.